The lowest BCUT2D eigenvalue weighted by atomic mass is 10.1. The van der Waals surface area contributed by atoms with Gasteiger partial charge in [-0.05, 0) is 36.8 Å². The zero-order valence-corrected chi connectivity index (χ0v) is 15.2. The molecule has 0 spiro atoms. The van der Waals surface area contributed by atoms with Crippen LogP contribution in [0.1, 0.15) is 28.9 Å². The van der Waals surface area contributed by atoms with Crippen molar-refractivity contribution in [1.29, 1.82) is 0 Å². The molecule has 1 unspecified atom stereocenters. The van der Waals surface area contributed by atoms with Crippen LogP contribution in [0.15, 0.2) is 30.3 Å². The lowest BCUT2D eigenvalue weighted by molar-refractivity contribution is 0.0937. The van der Waals surface area contributed by atoms with Gasteiger partial charge in [0.25, 0.3) is 5.91 Å². The molecule has 2 heterocycles. The monoisotopic (exact) mass is 371 g/mol. The van der Waals surface area contributed by atoms with Crippen LogP contribution in [-0.4, -0.2) is 39.4 Å². The summed E-state index contributed by atoms with van der Waals surface area (Å²) in [6.07, 6.45) is 0. The Bertz CT molecular complexity index is 849. The molecule has 27 heavy (non-hydrogen) atoms. The van der Waals surface area contributed by atoms with E-state index < -0.39 is 0 Å². The number of rotatable bonds is 4. The van der Waals surface area contributed by atoms with Crippen LogP contribution in [0.25, 0.3) is 0 Å². The minimum atomic E-state index is -0.229. The third-order valence-electron chi connectivity index (χ3n) is 4.50. The summed E-state index contributed by atoms with van der Waals surface area (Å²) in [6, 6.07) is 8.78. The lowest BCUT2D eigenvalue weighted by Crippen LogP contribution is -2.27. The second-order valence-electron chi connectivity index (χ2n) is 6.30. The van der Waals surface area contributed by atoms with Crippen LogP contribution in [-0.2, 0) is 0 Å². The smallest absolute Gasteiger partial charge is 0.252 e. The van der Waals surface area contributed by atoms with Gasteiger partial charge in [-0.1, -0.05) is 6.07 Å². The van der Waals surface area contributed by atoms with Crippen molar-refractivity contribution in [2.24, 2.45) is 0 Å². The van der Waals surface area contributed by atoms with Crippen molar-refractivity contribution in [3.05, 3.63) is 41.5 Å². The summed E-state index contributed by atoms with van der Waals surface area (Å²) in [5, 5.41) is 2.99. The number of fused-ring (bicyclic) bond motifs is 2. The van der Waals surface area contributed by atoms with Gasteiger partial charge in [0.1, 0.15) is 26.4 Å². The number of nitrogens with one attached hydrogen (secondary N) is 1. The summed E-state index contributed by atoms with van der Waals surface area (Å²) in [7, 11) is 1.53. The highest BCUT2D eigenvalue weighted by molar-refractivity contribution is 5.96. The van der Waals surface area contributed by atoms with Gasteiger partial charge in [0.2, 0.25) is 5.75 Å². The van der Waals surface area contributed by atoms with E-state index >= 15 is 0 Å². The molecule has 1 amide bonds. The molecule has 0 saturated heterocycles. The van der Waals surface area contributed by atoms with Crippen molar-refractivity contribution in [3.8, 4) is 28.7 Å². The Labute approximate surface area is 157 Å². The van der Waals surface area contributed by atoms with Crippen molar-refractivity contribution < 1.29 is 28.5 Å². The molecule has 7 heteroatoms. The summed E-state index contributed by atoms with van der Waals surface area (Å²) in [6.45, 7) is 3.88. The average molecular weight is 371 g/mol. The van der Waals surface area contributed by atoms with Crippen LogP contribution in [0.3, 0.4) is 0 Å². The van der Waals surface area contributed by atoms with Crippen molar-refractivity contribution in [1.82, 2.24) is 5.32 Å². The Morgan fingerprint density at radius 3 is 2.44 bits per heavy atom. The standard InChI is InChI=1S/C20H21NO6/c1-12(13-3-4-15-16(9-13)25-6-5-24-15)21-20(22)14-10-17(23-2)19-18(11-14)26-7-8-27-19/h3-4,9-12H,5-8H2,1-2H3,(H,21,22). The van der Waals surface area contributed by atoms with E-state index in [0.717, 1.165) is 11.3 Å². The van der Waals surface area contributed by atoms with Gasteiger partial charge in [0.15, 0.2) is 23.0 Å². The van der Waals surface area contributed by atoms with E-state index in [9.17, 15) is 4.79 Å². The SMILES string of the molecule is COc1cc(C(=O)NC(C)c2ccc3c(c2)OCCO3)cc2c1OCCO2. The van der Waals surface area contributed by atoms with E-state index in [1.54, 1.807) is 12.1 Å². The fraction of sp³-hybridized carbons (Fsp3) is 0.350. The van der Waals surface area contributed by atoms with Crippen LogP contribution < -0.4 is 29.0 Å². The number of hydrogen-bond donors (Lipinski definition) is 1. The molecular weight excluding hydrogens is 350 g/mol. The molecule has 0 fully saturated rings. The van der Waals surface area contributed by atoms with E-state index in [1.165, 1.54) is 7.11 Å². The minimum Gasteiger partial charge on any atom is -0.493 e. The summed E-state index contributed by atoms with van der Waals surface area (Å²) >= 11 is 0. The van der Waals surface area contributed by atoms with Gasteiger partial charge < -0.3 is 29.0 Å². The van der Waals surface area contributed by atoms with Crippen LogP contribution in [0.2, 0.25) is 0 Å². The fourth-order valence-corrected chi connectivity index (χ4v) is 3.10. The first-order valence-electron chi connectivity index (χ1n) is 8.84. The summed E-state index contributed by atoms with van der Waals surface area (Å²) in [4.78, 5) is 12.8. The largest absolute Gasteiger partial charge is 0.493 e. The molecule has 2 aliphatic rings. The van der Waals surface area contributed by atoms with Gasteiger partial charge in [-0.2, -0.15) is 0 Å². The second-order valence-corrected chi connectivity index (χ2v) is 6.30. The van der Waals surface area contributed by atoms with Gasteiger partial charge in [0.05, 0.1) is 13.2 Å². The molecule has 0 aliphatic carbocycles. The Morgan fingerprint density at radius 2 is 1.67 bits per heavy atom. The number of ether oxygens (including phenoxy) is 5. The molecule has 0 radical (unpaired) electrons. The Balaban J connectivity index is 1.53. The summed E-state index contributed by atoms with van der Waals surface area (Å²) in [5.74, 6) is 2.70. The van der Waals surface area contributed by atoms with E-state index in [0.29, 0.717) is 55.0 Å². The molecule has 1 N–H and O–H groups in total. The van der Waals surface area contributed by atoms with Crippen molar-refractivity contribution in [2.75, 3.05) is 33.5 Å². The quantitative estimate of drug-likeness (QED) is 0.891. The zero-order valence-electron chi connectivity index (χ0n) is 15.2. The number of carbonyl (C=O) groups excluding carboxylic acids is 1. The van der Waals surface area contributed by atoms with E-state index in [4.69, 9.17) is 23.7 Å². The maximum atomic E-state index is 12.8. The first-order chi connectivity index (χ1) is 13.2. The Hall–Kier alpha value is -3.09. The molecular formula is C20H21NO6. The highest BCUT2D eigenvalue weighted by atomic mass is 16.6. The van der Waals surface area contributed by atoms with Crippen molar-refractivity contribution in [2.45, 2.75) is 13.0 Å². The predicted octanol–water partition coefficient (Wildman–Crippen LogP) is 2.73. The van der Waals surface area contributed by atoms with Crippen molar-refractivity contribution >= 4 is 5.91 Å². The number of benzene rings is 2. The molecule has 4 rings (SSSR count). The molecule has 2 aromatic rings. The molecule has 2 aromatic carbocycles. The molecule has 0 saturated carbocycles. The third kappa shape index (κ3) is 3.45. The first kappa shape index (κ1) is 17.3. The maximum absolute atomic E-state index is 12.8. The van der Waals surface area contributed by atoms with E-state index in [-0.39, 0.29) is 11.9 Å². The van der Waals surface area contributed by atoms with Crippen LogP contribution in [0.5, 0.6) is 28.7 Å². The van der Waals surface area contributed by atoms with Gasteiger partial charge >= 0.3 is 0 Å². The summed E-state index contributed by atoms with van der Waals surface area (Å²) < 4.78 is 27.7. The molecule has 1 atom stereocenters. The highest BCUT2D eigenvalue weighted by Crippen LogP contribution is 2.40. The molecule has 2 aliphatic heterocycles. The van der Waals surface area contributed by atoms with E-state index in [1.807, 2.05) is 25.1 Å². The zero-order chi connectivity index (χ0) is 18.8. The maximum Gasteiger partial charge on any atom is 0.252 e. The Kier molecular flexibility index (Phi) is 4.66. The van der Waals surface area contributed by atoms with Crippen LogP contribution in [0.4, 0.5) is 0 Å². The van der Waals surface area contributed by atoms with E-state index in [2.05, 4.69) is 5.32 Å². The third-order valence-corrected chi connectivity index (χ3v) is 4.50. The highest BCUT2D eigenvalue weighted by Gasteiger charge is 2.22. The number of amides is 1. The first-order valence-corrected chi connectivity index (χ1v) is 8.84. The fourth-order valence-electron chi connectivity index (χ4n) is 3.10. The number of hydrogen-bond acceptors (Lipinski definition) is 6. The Morgan fingerprint density at radius 1 is 0.963 bits per heavy atom. The molecule has 0 aromatic heterocycles. The lowest BCUT2D eigenvalue weighted by Gasteiger charge is -2.22. The van der Waals surface area contributed by atoms with Gasteiger partial charge in [0, 0.05) is 5.56 Å². The van der Waals surface area contributed by atoms with Gasteiger partial charge in [-0.3, -0.25) is 4.79 Å². The van der Waals surface area contributed by atoms with Gasteiger partial charge in [-0.25, -0.2) is 0 Å². The summed E-state index contributed by atoms with van der Waals surface area (Å²) in [5.41, 5.74) is 1.37. The number of carbonyl (C=O) groups is 1. The molecule has 7 nitrogen and oxygen atoms in total. The van der Waals surface area contributed by atoms with Gasteiger partial charge in [-0.15, -0.1) is 0 Å². The van der Waals surface area contributed by atoms with Crippen molar-refractivity contribution in [3.63, 3.8) is 0 Å². The predicted molar refractivity (Wildman–Crippen MR) is 97.3 cm³/mol. The molecule has 0 bridgehead atoms. The second kappa shape index (κ2) is 7.26. The van der Waals surface area contributed by atoms with Crippen LogP contribution in [0, 0.1) is 0 Å². The average Bonchev–Trinajstić information content (AvgIpc) is 2.72. The minimum absolute atomic E-state index is 0.215. The topological polar surface area (TPSA) is 75.3 Å². The molecule has 142 valence electrons. The van der Waals surface area contributed by atoms with Crippen LogP contribution >= 0.6 is 0 Å². The number of methoxy groups -OCH3 is 1. The normalized spacial score (nSPS) is 15.6.